The fourth-order valence-electron chi connectivity index (χ4n) is 1.30. The first-order valence-electron chi connectivity index (χ1n) is 5.62. The largest absolute Gasteiger partial charge is 0.329 e. The third kappa shape index (κ3) is 6.38. The van der Waals surface area contributed by atoms with Gasteiger partial charge in [-0.1, -0.05) is 11.6 Å². The lowest BCUT2D eigenvalue weighted by Gasteiger charge is -2.03. The SMILES string of the molecule is NCCNCCCCSc1ccc(Cl)cc1. The van der Waals surface area contributed by atoms with Crippen molar-refractivity contribution in [3.63, 3.8) is 0 Å². The second-order valence-corrected chi connectivity index (χ2v) is 5.15. The van der Waals surface area contributed by atoms with Crippen molar-refractivity contribution in [3.8, 4) is 0 Å². The van der Waals surface area contributed by atoms with Crippen LogP contribution in [0, 0.1) is 0 Å². The summed E-state index contributed by atoms with van der Waals surface area (Å²) in [4.78, 5) is 1.29. The molecule has 0 heterocycles. The number of hydrogen-bond donors (Lipinski definition) is 2. The predicted molar refractivity (Wildman–Crippen MR) is 73.3 cm³/mol. The Morgan fingerprint density at radius 3 is 2.56 bits per heavy atom. The van der Waals surface area contributed by atoms with Crippen molar-refractivity contribution in [1.29, 1.82) is 0 Å². The van der Waals surface area contributed by atoms with E-state index in [1.165, 1.54) is 17.7 Å². The molecule has 0 aromatic heterocycles. The second-order valence-electron chi connectivity index (χ2n) is 3.55. The second kappa shape index (κ2) is 8.88. The molecule has 0 bridgehead atoms. The van der Waals surface area contributed by atoms with E-state index in [4.69, 9.17) is 17.3 Å². The molecule has 1 aromatic carbocycles. The molecule has 3 N–H and O–H groups in total. The molecule has 0 amide bonds. The first kappa shape index (κ1) is 13.8. The molecule has 16 heavy (non-hydrogen) atoms. The summed E-state index contributed by atoms with van der Waals surface area (Å²) in [5.74, 6) is 1.16. The highest BCUT2D eigenvalue weighted by atomic mass is 35.5. The van der Waals surface area contributed by atoms with E-state index in [9.17, 15) is 0 Å². The van der Waals surface area contributed by atoms with Gasteiger partial charge in [-0.3, -0.25) is 0 Å². The highest BCUT2D eigenvalue weighted by Crippen LogP contribution is 2.21. The Labute approximate surface area is 107 Å². The molecule has 0 aliphatic rings. The maximum Gasteiger partial charge on any atom is 0.0406 e. The monoisotopic (exact) mass is 258 g/mol. The van der Waals surface area contributed by atoms with Crippen LogP contribution in [0.2, 0.25) is 5.02 Å². The molecule has 0 aliphatic carbocycles. The number of hydrogen-bond acceptors (Lipinski definition) is 3. The van der Waals surface area contributed by atoms with Crippen LogP contribution < -0.4 is 11.1 Å². The van der Waals surface area contributed by atoms with E-state index in [0.717, 1.165) is 30.4 Å². The minimum absolute atomic E-state index is 0.722. The van der Waals surface area contributed by atoms with Gasteiger partial charge in [-0.05, 0) is 49.4 Å². The molecule has 1 rings (SSSR count). The molecule has 0 spiro atoms. The standard InChI is InChI=1S/C12H19ClN2S/c13-11-3-5-12(6-4-11)16-10-2-1-8-15-9-7-14/h3-6,15H,1-2,7-10,14H2. The van der Waals surface area contributed by atoms with Crippen LogP contribution in [0.25, 0.3) is 0 Å². The van der Waals surface area contributed by atoms with Crippen LogP contribution in [0.5, 0.6) is 0 Å². The highest BCUT2D eigenvalue weighted by molar-refractivity contribution is 7.99. The number of thioether (sulfide) groups is 1. The Balaban J connectivity index is 2.01. The lowest BCUT2D eigenvalue weighted by molar-refractivity contribution is 0.648. The van der Waals surface area contributed by atoms with E-state index >= 15 is 0 Å². The van der Waals surface area contributed by atoms with Crippen molar-refractivity contribution >= 4 is 23.4 Å². The fourth-order valence-corrected chi connectivity index (χ4v) is 2.34. The molecule has 1 aromatic rings. The van der Waals surface area contributed by atoms with E-state index < -0.39 is 0 Å². The highest BCUT2D eigenvalue weighted by Gasteiger charge is 1.94. The molecule has 0 fully saturated rings. The van der Waals surface area contributed by atoms with Gasteiger partial charge >= 0.3 is 0 Å². The molecule has 0 saturated heterocycles. The van der Waals surface area contributed by atoms with Gasteiger partial charge in [-0.25, -0.2) is 0 Å². The number of nitrogens with one attached hydrogen (secondary N) is 1. The summed E-state index contributed by atoms with van der Waals surface area (Å²) < 4.78 is 0. The zero-order chi connectivity index (χ0) is 11.6. The molecule has 90 valence electrons. The van der Waals surface area contributed by atoms with Crippen LogP contribution in [0.4, 0.5) is 0 Å². The Kier molecular flexibility index (Phi) is 7.68. The molecular weight excluding hydrogens is 240 g/mol. The predicted octanol–water partition coefficient (Wildman–Crippen LogP) is 2.76. The van der Waals surface area contributed by atoms with Gasteiger partial charge in [0.15, 0.2) is 0 Å². The van der Waals surface area contributed by atoms with Crippen LogP contribution in [0.15, 0.2) is 29.2 Å². The summed E-state index contributed by atoms with van der Waals surface area (Å²) in [7, 11) is 0. The minimum Gasteiger partial charge on any atom is -0.329 e. The fraction of sp³-hybridized carbons (Fsp3) is 0.500. The van der Waals surface area contributed by atoms with E-state index in [1.807, 2.05) is 23.9 Å². The first-order valence-corrected chi connectivity index (χ1v) is 6.98. The third-order valence-electron chi connectivity index (χ3n) is 2.15. The smallest absolute Gasteiger partial charge is 0.0406 e. The number of nitrogens with two attached hydrogens (primary N) is 1. The van der Waals surface area contributed by atoms with Crippen molar-refractivity contribution in [3.05, 3.63) is 29.3 Å². The average Bonchev–Trinajstić information content (AvgIpc) is 2.30. The molecular formula is C12H19ClN2S. The summed E-state index contributed by atoms with van der Waals surface area (Å²) in [6.45, 7) is 2.71. The molecule has 0 saturated carbocycles. The summed E-state index contributed by atoms with van der Waals surface area (Å²) >= 11 is 7.70. The van der Waals surface area contributed by atoms with Crippen molar-refractivity contribution in [2.45, 2.75) is 17.7 Å². The first-order chi connectivity index (χ1) is 7.83. The molecule has 0 unspecified atom stereocenters. The van der Waals surface area contributed by atoms with Gasteiger partial charge in [0.1, 0.15) is 0 Å². The normalized spacial score (nSPS) is 10.6. The Morgan fingerprint density at radius 1 is 1.12 bits per heavy atom. The quantitative estimate of drug-likeness (QED) is 0.556. The summed E-state index contributed by atoms with van der Waals surface area (Å²) in [6.07, 6.45) is 2.44. The van der Waals surface area contributed by atoms with Gasteiger partial charge in [-0.15, -0.1) is 11.8 Å². The van der Waals surface area contributed by atoms with Gasteiger partial charge < -0.3 is 11.1 Å². The minimum atomic E-state index is 0.722. The summed E-state index contributed by atoms with van der Waals surface area (Å²) in [6, 6.07) is 8.01. The average molecular weight is 259 g/mol. The van der Waals surface area contributed by atoms with Crippen molar-refractivity contribution in [2.24, 2.45) is 5.73 Å². The molecule has 0 radical (unpaired) electrons. The van der Waals surface area contributed by atoms with Crippen LogP contribution >= 0.6 is 23.4 Å². The maximum atomic E-state index is 5.82. The Hall–Kier alpha value is -0.220. The molecule has 4 heteroatoms. The van der Waals surface area contributed by atoms with Gasteiger partial charge in [0.2, 0.25) is 0 Å². The number of unbranched alkanes of at least 4 members (excludes halogenated alkanes) is 1. The summed E-state index contributed by atoms with van der Waals surface area (Å²) in [5, 5.41) is 4.09. The van der Waals surface area contributed by atoms with Gasteiger partial charge in [0.05, 0.1) is 0 Å². The van der Waals surface area contributed by atoms with Gasteiger partial charge in [-0.2, -0.15) is 0 Å². The number of halogens is 1. The van der Waals surface area contributed by atoms with Crippen molar-refractivity contribution in [2.75, 3.05) is 25.4 Å². The van der Waals surface area contributed by atoms with Gasteiger partial charge in [0.25, 0.3) is 0 Å². The summed E-state index contributed by atoms with van der Waals surface area (Å²) in [5.41, 5.74) is 5.38. The maximum absolute atomic E-state index is 5.82. The van der Waals surface area contributed by atoms with E-state index in [2.05, 4.69) is 17.4 Å². The van der Waals surface area contributed by atoms with Crippen LogP contribution in [0.3, 0.4) is 0 Å². The van der Waals surface area contributed by atoms with E-state index in [-0.39, 0.29) is 0 Å². The zero-order valence-corrected chi connectivity index (χ0v) is 11.0. The lowest BCUT2D eigenvalue weighted by atomic mass is 10.3. The lowest BCUT2D eigenvalue weighted by Crippen LogP contribution is -2.23. The van der Waals surface area contributed by atoms with Crippen LogP contribution in [-0.4, -0.2) is 25.4 Å². The van der Waals surface area contributed by atoms with Gasteiger partial charge in [0, 0.05) is 23.0 Å². The zero-order valence-electron chi connectivity index (χ0n) is 9.42. The third-order valence-corrected chi connectivity index (χ3v) is 3.50. The van der Waals surface area contributed by atoms with Crippen LogP contribution in [0.1, 0.15) is 12.8 Å². The van der Waals surface area contributed by atoms with Crippen molar-refractivity contribution in [1.82, 2.24) is 5.32 Å². The van der Waals surface area contributed by atoms with Crippen LogP contribution in [-0.2, 0) is 0 Å². The Morgan fingerprint density at radius 2 is 1.88 bits per heavy atom. The Bertz CT molecular complexity index is 277. The molecule has 2 nitrogen and oxygen atoms in total. The topological polar surface area (TPSA) is 38.0 Å². The molecule has 0 atom stereocenters. The van der Waals surface area contributed by atoms with E-state index in [0.29, 0.717) is 0 Å². The number of rotatable bonds is 8. The van der Waals surface area contributed by atoms with E-state index in [1.54, 1.807) is 0 Å². The number of benzene rings is 1. The molecule has 0 aliphatic heterocycles. The van der Waals surface area contributed by atoms with Crippen molar-refractivity contribution < 1.29 is 0 Å².